The van der Waals surface area contributed by atoms with Gasteiger partial charge in [0.05, 0.1) is 10.6 Å². The maximum absolute atomic E-state index is 12.0. The number of halogens is 3. The lowest BCUT2D eigenvalue weighted by molar-refractivity contribution is -0.146. The molecular weight excluding hydrogens is 403 g/mol. The molecule has 0 saturated heterocycles. The van der Waals surface area contributed by atoms with Crippen molar-refractivity contribution in [3.63, 3.8) is 0 Å². The van der Waals surface area contributed by atoms with E-state index < -0.39 is 30.9 Å². The van der Waals surface area contributed by atoms with Crippen molar-refractivity contribution in [1.29, 1.82) is 0 Å². The molecule has 0 aliphatic carbocycles. The molecule has 2 aromatic carbocycles. The van der Waals surface area contributed by atoms with Gasteiger partial charge in [-0.25, -0.2) is 0 Å². The minimum atomic E-state index is -0.769. The molecule has 2 aromatic rings. The molecule has 0 fully saturated rings. The van der Waals surface area contributed by atoms with Gasteiger partial charge >= 0.3 is 5.97 Å². The third-order valence-electron chi connectivity index (χ3n) is 3.06. The van der Waals surface area contributed by atoms with Crippen LogP contribution in [0.2, 0.25) is 15.1 Å². The van der Waals surface area contributed by atoms with Crippen LogP contribution < -0.4 is 10.6 Å². The normalized spacial score (nSPS) is 10.1. The van der Waals surface area contributed by atoms with Gasteiger partial charge in [-0.15, -0.1) is 0 Å². The highest BCUT2D eigenvalue weighted by Crippen LogP contribution is 2.20. The Morgan fingerprint density at radius 3 is 2.23 bits per heavy atom. The largest absolute Gasteiger partial charge is 0.454 e. The van der Waals surface area contributed by atoms with E-state index in [1.165, 1.54) is 18.2 Å². The first kappa shape index (κ1) is 20.0. The van der Waals surface area contributed by atoms with Crippen LogP contribution in [-0.4, -0.2) is 30.9 Å². The highest BCUT2D eigenvalue weighted by molar-refractivity contribution is 6.36. The van der Waals surface area contributed by atoms with Crippen LogP contribution in [0.3, 0.4) is 0 Å². The second-order valence-corrected chi connectivity index (χ2v) is 6.30. The number of carbonyl (C=O) groups excluding carboxylic acids is 3. The van der Waals surface area contributed by atoms with E-state index in [2.05, 4.69) is 10.6 Å². The highest BCUT2D eigenvalue weighted by atomic mass is 35.5. The molecule has 2 N–H and O–H groups in total. The third-order valence-corrected chi connectivity index (χ3v) is 3.86. The Labute approximate surface area is 164 Å². The molecule has 0 radical (unpaired) electrons. The Kier molecular flexibility index (Phi) is 7.26. The molecule has 0 aromatic heterocycles. The average Bonchev–Trinajstić information content (AvgIpc) is 2.60. The van der Waals surface area contributed by atoms with Crippen LogP contribution in [0.1, 0.15) is 10.4 Å². The molecule has 0 unspecified atom stereocenters. The number of benzene rings is 2. The number of ether oxygens (including phenoxy) is 1. The topological polar surface area (TPSA) is 84.5 Å². The molecule has 2 amide bonds. The van der Waals surface area contributed by atoms with Crippen LogP contribution in [0, 0.1) is 0 Å². The van der Waals surface area contributed by atoms with Crippen LogP contribution in [0.25, 0.3) is 0 Å². The molecular formula is C17H13Cl3N2O4. The zero-order valence-corrected chi connectivity index (χ0v) is 15.5. The van der Waals surface area contributed by atoms with Crippen LogP contribution >= 0.6 is 34.8 Å². The fourth-order valence-corrected chi connectivity index (χ4v) is 2.47. The Morgan fingerprint density at radius 1 is 0.923 bits per heavy atom. The summed E-state index contributed by atoms with van der Waals surface area (Å²) >= 11 is 17.4. The maximum Gasteiger partial charge on any atom is 0.325 e. The Bertz CT molecular complexity index is 825. The Morgan fingerprint density at radius 2 is 1.58 bits per heavy atom. The zero-order valence-electron chi connectivity index (χ0n) is 13.2. The summed E-state index contributed by atoms with van der Waals surface area (Å²) in [4.78, 5) is 35.3. The predicted molar refractivity (Wildman–Crippen MR) is 99.8 cm³/mol. The summed E-state index contributed by atoms with van der Waals surface area (Å²) in [5.74, 6) is -1.85. The Hall–Kier alpha value is -2.28. The third kappa shape index (κ3) is 6.22. The van der Waals surface area contributed by atoms with Crippen LogP contribution in [0.5, 0.6) is 0 Å². The quantitative estimate of drug-likeness (QED) is 0.707. The lowest BCUT2D eigenvalue weighted by Crippen LogP contribution is -2.32. The van der Waals surface area contributed by atoms with Crippen LogP contribution in [0.4, 0.5) is 5.69 Å². The van der Waals surface area contributed by atoms with Crippen LogP contribution in [0.15, 0.2) is 42.5 Å². The maximum atomic E-state index is 12.0. The molecule has 2 rings (SSSR count). The summed E-state index contributed by atoms with van der Waals surface area (Å²) in [6, 6.07) is 10.8. The number of nitrogens with one attached hydrogen (secondary N) is 2. The van der Waals surface area contributed by atoms with Gasteiger partial charge < -0.3 is 15.4 Å². The smallest absolute Gasteiger partial charge is 0.325 e. The van der Waals surface area contributed by atoms with Gasteiger partial charge in [0.15, 0.2) is 6.61 Å². The van der Waals surface area contributed by atoms with E-state index in [-0.39, 0.29) is 10.6 Å². The van der Waals surface area contributed by atoms with E-state index in [1.54, 1.807) is 24.3 Å². The summed E-state index contributed by atoms with van der Waals surface area (Å²) in [5, 5.41) is 5.97. The molecule has 0 bridgehead atoms. The Balaban J connectivity index is 1.75. The summed E-state index contributed by atoms with van der Waals surface area (Å²) in [7, 11) is 0. The van der Waals surface area contributed by atoms with Crippen molar-refractivity contribution in [2.75, 3.05) is 18.5 Å². The number of rotatable bonds is 6. The van der Waals surface area contributed by atoms with Gasteiger partial charge in [-0.3, -0.25) is 14.4 Å². The van der Waals surface area contributed by atoms with Crippen molar-refractivity contribution in [2.24, 2.45) is 0 Å². The number of anilines is 1. The first-order chi connectivity index (χ1) is 12.3. The predicted octanol–water partition coefficient (Wildman–Crippen LogP) is 3.56. The van der Waals surface area contributed by atoms with Gasteiger partial charge in [0.25, 0.3) is 11.8 Å². The van der Waals surface area contributed by atoms with Gasteiger partial charge in [0.2, 0.25) is 0 Å². The standard InChI is InChI=1S/C17H13Cl3N2O4/c18-10-1-4-12(5-2-10)22-15(23)9-26-16(24)8-21-17(25)13-6-3-11(19)7-14(13)20/h1-7H,8-9H2,(H,21,25)(H,22,23). The van der Waals surface area contributed by atoms with Crippen molar-refractivity contribution in [1.82, 2.24) is 5.32 Å². The summed E-state index contributed by atoms with van der Waals surface area (Å²) in [6.45, 7) is -0.898. The first-order valence-electron chi connectivity index (χ1n) is 7.29. The number of hydrogen-bond acceptors (Lipinski definition) is 4. The molecule has 136 valence electrons. The van der Waals surface area contributed by atoms with Crippen LogP contribution in [-0.2, 0) is 14.3 Å². The highest BCUT2D eigenvalue weighted by Gasteiger charge is 2.13. The SMILES string of the molecule is O=C(COC(=O)CNC(=O)c1ccc(Cl)cc1Cl)Nc1ccc(Cl)cc1. The lowest BCUT2D eigenvalue weighted by atomic mass is 10.2. The van der Waals surface area contributed by atoms with E-state index in [4.69, 9.17) is 39.5 Å². The molecule has 0 aliphatic rings. The van der Waals surface area contributed by atoms with Crippen molar-refractivity contribution in [3.8, 4) is 0 Å². The monoisotopic (exact) mass is 414 g/mol. The number of carbonyl (C=O) groups is 3. The molecule has 0 aliphatic heterocycles. The van der Waals surface area contributed by atoms with Crippen molar-refractivity contribution < 1.29 is 19.1 Å². The van der Waals surface area contributed by atoms with Gasteiger partial charge in [-0.05, 0) is 42.5 Å². The van der Waals surface area contributed by atoms with Gasteiger partial charge in [0.1, 0.15) is 6.54 Å². The molecule has 6 nitrogen and oxygen atoms in total. The van der Waals surface area contributed by atoms with E-state index in [9.17, 15) is 14.4 Å². The lowest BCUT2D eigenvalue weighted by Gasteiger charge is -2.08. The molecule has 0 spiro atoms. The first-order valence-corrected chi connectivity index (χ1v) is 8.43. The molecule has 26 heavy (non-hydrogen) atoms. The summed E-state index contributed by atoms with van der Waals surface area (Å²) < 4.78 is 4.79. The fraction of sp³-hybridized carbons (Fsp3) is 0.118. The number of amides is 2. The second-order valence-electron chi connectivity index (χ2n) is 5.02. The number of esters is 1. The van der Waals surface area contributed by atoms with Crippen molar-refractivity contribution in [3.05, 3.63) is 63.1 Å². The molecule has 9 heteroatoms. The summed E-state index contributed by atoms with van der Waals surface area (Å²) in [5.41, 5.74) is 0.686. The molecule has 0 heterocycles. The molecule has 0 atom stereocenters. The van der Waals surface area contributed by atoms with E-state index >= 15 is 0 Å². The average molecular weight is 416 g/mol. The minimum absolute atomic E-state index is 0.158. The van der Waals surface area contributed by atoms with Crippen molar-refractivity contribution in [2.45, 2.75) is 0 Å². The van der Waals surface area contributed by atoms with Gasteiger partial charge in [-0.2, -0.15) is 0 Å². The van der Waals surface area contributed by atoms with Gasteiger partial charge in [-0.1, -0.05) is 34.8 Å². The summed E-state index contributed by atoms with van der Waals surface area (Å²) in [6.07, 6.45) is 0. The minimum Gasteiger partial charge on any atom is -0.454 e. The van der Waals surface area contributed by atoms with Gasteiger partial charge in [0, 0.05) is 15.7 Å². The second kappa shape index (κ2) is 9.43. The zero-order chi connectivity index (χ0) is 19.1. The van der Waals surface area contributed by atoms with Crippen molar-refractivity contribution >= 4 is 58.3 Å². The molecule has 0 saturated carbocycles. The fourth-order valence-electron chi connectivity index (χ4n) is 1.85. The number of hydrogen-bond donors (Lipinski definition) is 2. The van der Waals surface area contributed by atoms with E-state index in [1.807, 2.05) is 0 Å². The van der Waals surface area contributed by atoms with E-state index in [0.717, 1.165) is 0 Å². The van der Waals surface area contributed by atoms with E-state index in [0.29, 0.717) is 15.7 Å².